The van der Waals surface area contributed by atoms with E-state index in [2.05, 4.69) is 0 Å². The Morgan fingerprint density at radius 1 is 0.571 bits per heavy atom. The Labute approximate surface area is 171 Å². The first-order valence-electron chi connectivity index (χ1n) is 7.89. The van der Waals surface area contributed by atoms with Crippen LogP contribution in [0.15, 0.2) is 66.7 Å². The molecule has 6 heteroatoms. The van der Waals surface area contributed by atoms with Gasteiger partial charge < -0.3 is 0 Å². The third-order valence-electron chi connectivity index (χ3n) is 3.99. The summed E-state index contributed by atoms with van der Waals surface area (Å²) in [6.07, 6.45) is 0. The van der Waals surface area contributed by atoms with Crippen LogP contribution in [-0.2, 0) is 36.2 Å². The topological polar surface area (TPSA) is 68.3 Å². The molecule has 136 valence electrons. The molecule has 0 aliphatic carbocycles. The standard InChI is InChI=1S/C22H11O4P.Fe/c23-12-16-11-22(21(15-26)20(14-25)19(16)13-24)27(17-7-3-1-4-8-17)18-9-5-2-6-10-18;/h1-11H;. The average Bonchev–Trinajstić information content (AvgIpc) is 2.74. The first-order valence-corrected chi connectivity index (χ1v) is 9.23. The molecule has 0 aliphatic rings. The summed E-state index contributed by atoms with van der Waals surface area (Å²) in [4.78, 5) is 45.8. The van der Waals surface area contributed by atoms with Crippen molar-refractivity contribution in [2.45, 2.75) is 0 Å². The van der Waals surface area contributed by atoms with Gasteiger partial charge in [-0.05, 0) is 24.6 Å². The zero-order chi connectivity index (χ0) is 19.2. The third-order valence-corrected chi connectivity index (χ3v) is 6.46. The van der Waals surface area contributed by atoms with Crippen molar-refractivity contribution in [2.75, 3.05) is 0 Å². The molecule has 0 saturated heterocycles. The van der Waals surface area contributed by atoms with Crippen molar-refractivity contribution in [3.8, 4) is 0 Å². The van der Waals surface area contributed by atoms with Crippen LogP contribution < -0.4 is 36.8 Å². The van der Waals surface area contributed by atoms with E-state index in [0.29, 0.717) is 5.30 Å². The van der Waals surface area contributed by atoms with Gasteiger partial charge in [0.25, 0.3) is 0 Å². The Morgan fingerprint density at radius 2 is 1.04 bits per heavy atom. The number of rotatable bonds is 3. The van der Waals surface area contributed by atoms with E-state index < -0.39 is 7.92 Å². The zero-order valence-corrected chi connectivity index (χ0v) is 16.3. The number of hydrogen-bond acceptors (Lipinski definition) is 4. The Hall–Kier alpha value is -3.07. The van der Waals surface area contributed by atoms with E-state index in [1.807, 2.05) is 60.7 Å². The molecule has 3 aromatic carbocycles. The maximum atomic E-state index is 11.7. The van der Waals surface area contributed by atoms with Gasteiger partial charge in [-0.15, -0.1) is 0 Å². The molecule has 0 saturated carbocycles. The van der Waals surface area contributed by atoms with Gasteiger partial charge in [0, 0.05) is 22.4 Å². The van der Waals surface area contributed by atoms with Gasteiger partial charge in [0.2, 0.25) is 0 Å². The van der Waals surface area contributed by atoms with E-state index in [1.165, 1.54) is 12.0 Å². The van der Waals surface area contributed by atoms with Crippen LogP contribution in [0.4, 0.5) is 0 Å². The van der Waals surface area contributed by atoms with Crippen LogP contribution >= 0.6 is 7.92 Å². The predicted octanol–water partition coefficient (Wildman–Crippen LogP) is -2.54. The Morgan fingerprint density at radius 3 is 1.43 bits per heavy atom. The number of carbonyl (C=O) groups excluding carboxylic acids is 4. The molecule has 3 aromatic rings. The summed E-state index contributed by atoms with van der Waals surface area (Å²) in [6.45, 7) is 0. The molecule has 0 heterocycles. The minimum absolute atomic E-state index is 0. The van der Waals surface area contributed by atoms with Crippen LogP contribution in [0.25, 0.3) is 0 Å². The molecule has 0 aliphatic heterocycles. The van der Waals surface area contributed by atoms with Gasteiger partial charge in [0.05, 0.1) is 20.9 Å². The molecule has 4 nitrogen and oxygen atoms in total. The Balaban J connectivity index is 0.00000280. The van der Waals surface area contributed by atoms with Crippen molar-refractivity contribution in [3.63, 3.8) is 0 Å². The molecule has 0 N–H and O–H groups in total. The third kappa shape index (κ3) is 3.94. The second kappa shape index (κ2) is 9.75. The van der Waals surface area contributed by atoms with Gasteiger partial charge in [-0.1, -0.05) is 60.7 Å². The van der Waals surface area contributed by atoms with Gasteiger partial charge in [-0.3, -0.25) is 0 Å². The van der Waals surface area contributed by atoms with Crippen molar-refractivity contribution >= 4 is 47.6 Å². The van der Waals surface area contributed by atoms with Crippen molar-refractivity contribution in [3.05, 3.63) is 87.6 Å². The normalized spacial score (nSPS) is 9.46. The second-order valence-electron chi connectivity index (χ2n) is 5.48. The quantitative estimate of drug-likeness (QED) is 0.342. The smallest absolute Gasteiger partial charge is 0.135 e. The predicted molar refractivity (Wildman–Crippen MR) is 103 cm³/mol. The molecule has 0 amide bonds. The fourth-order valence-electron chi connectivity index (χ4n) is 2.82. The second-order valence-corrected chi connectivity index (χ2v) is 7.67. The van der Waals surface area contributed by atoms with E-state index in [0.717, 1.165) is 10.6 Å². The molecule has 0 bridgehead atoms. The molecule has 0 atom stereocenters. The van der Waals surface area contributed by atoms with Crippen LogP contribution in [0.3, 0.4) is 0 Å². The summed E-state index contributed by atoms with van der Waals surface area (Å²) in [5.74, 6) is 6.55. The molecule has 0 spiro atoms. The van der Waals surface area contributed by atoms with Gasteiger partial charge in [-0.25, -0.2) is 19.2 Å². The Kier molecular flexibility index (Phi) is 7.39. The van der Waals surface area contributed by atoms with Crippen LogP contribution in [0, 0.1) is 0 Å². The van der Waals surface area contributed by atoms with Gasteiger partial charge in [0.15, 0.2) is 0 Å². The first kappa shape index (κ1) is 21.2. The number of hydrogen-bond donors (Lipinski definition) is 0. The maximum Gasteiger partial charge on any atom is 0.135 e. The van der Waals surface area contributed by atoms with Crippen LogP contribution in [-0.4, -0.2) is 23.8 Å². The van der Waals surface area contributed by atoms with Crippen molar-refractivity contribution in [1.29, 1.82) is 0 Å². The molecule has 28 heavy (non-hydrogen) atoms. The zero-order valence-electron chi connectivity index (χ0n) is 14.3. The minimum atomic E-state index is -1.28. The summed E-state index contributed by atoms with van der Waals surface area (Å²) in [6, 6.07) is 20.2. The average molecular weight is 426 g/mol. The largest absolute Gasteiger partial charge is 0.233 e. The van der Waals surface area contributed by atoms with Crippen LogP contribution in [0.5, 0.6) is 0 Å². The van der Waals surface area contributed by atoms with E-state index in [-0.39, 0.29) is 37.9 Å². The van der Waals surface area contributed by atoms with Crippen molar-refractivity contribution < 1.29 is 36.2 Å². The minimum Gasteiger partial charge on any atom is -0.233 e. The molecule has 0 aromatic heterocycles. The van der Waals surface area contributed by atoms with E-state index in [4.69, 9.17) is 0 Å². The van der Waals surface area contributed by atoms with Gasteiger partial charge >= 0.3 is 0 Å². The fraction of sp³-hybridized carbons (Fsp3) is 0. The Bertz CT molecular complexity index is 1290. The summed E-state index contributed by atoms with van der Waals surface area (Å²) >= 11 is 0. The van der Waals surface area contributed by atoms with Crippen LogP contribution in [0.2, 0.25) is 0 Å². The molecule has 0 unspecified atom stereocenters. The summed E-state index contributed by atoms with van der Waals surface area (Å²) in [7, 11) is -1.28. The van der Waals surface area contributed by atoms with Crippen molar-refractivity contribution in [1.82, 2.24) is 0 Å². The van der Waals surface area contributed by atoms with E-state index in [9.17, 15) is 19.2 Å². The van der Waals surface area contributed by atoms with E-state index >= 15 is 0 Å². The van der Waals surface area contributed by atoms with Gasteiger partial charge in [-0.2, -0.15) is 0 Å². The summed E-state index contributed by atoms with van der Waals surface area (Å²) in [5.41, 5.74) is 0. The van der Waals surface area contributed by atoms with Crippen molar-refractivity contribution in [2.24, 2.45) is 0 Å². The SMILES string of the molecule is O=C=c1cc(P(c2ccccc2)c2ccccc2)c(=C=O)c(=C=O)c1=C=O.[Fe]. The molecule has 0 fully saturated rings. The van der Waals surface area contributed by atoms with Crippen LogP contribution in [0.1, 0.15) is 0 Å². The summed E-state index contributed by atoms with van der Waals surface area (Å²) < 4.78 is 0. The molecular weight excluding hydrogens is 415 g/mol. The summed E-state index contributed by atoms with van der Waals surface area (Å²) in [5, 5.41) is 1.41. The monoisotopic (exact) mass is 426 g/mol. The van der Waals surface area contributed by atoms with E-state index in [1.54, 1.807) is 17.8 Å². The molecule has 0 radical (unpaired) electrons. The maximum absolute atomic E-state index is 11.7. The first-order chi connectivity index (χ1) is 13.2. The fourth-order valence-corrected chi connectivity index (χ4v) is 5.25. The van der Waals surface area contributed by atoms with Gasteiger partial charge in [0.1, 0.15) is 23.8 Å². The molecule has 3 rings (SSSR count). The molecular formula is C22H11FeO4P. The number of benzene rings is 3.